The summed E-state index contributed by atoms with van der Waals surface area (Å²) < 4.78 is 5.13. The van der Waals surface area contributed by atoms with Gasteiger partial charge in [0.1, 0.15) is 0 Å². The number of methoxy groups -OCH3 is 1. The molecule has 0 aromatic carbocycles. The van der Waals surface area contributed by atoms with Gasteiger partial charge >= 0.3 is 0 Å². The van der Waals surface area contributed by atoms with E-state index in [0.29, 0.717) is 25.0 Å². The van der Waals surface area contributed by atoms with Crippen LogP contribution in [0.4, 0.5) is 0 Å². The summed E-state index contributed by atoms with van der Waals surface area (Å²) in [5, 5.41) is 6.45. The minimum atomic E-state index is 0.121. The molecule has 0 bridgehead atoms. The highest BCUT2D eigenvalue weighted by Crippen LogP contribution is 2.10. The Morgan fingerprint density at radius 3 is 2.76 bits per heavy atom. The quantitative estimate of drug-likeness (QED) is 0.738. The molecule has 1 rings (SSSR count). The van der Waals surface area contributed by atoms with Crippen molar-refractivity contribution in [2.45, 2.75) is 51.6 Å². The Bertz CT molecular complexity index is 225. The normalized spacial score (nSPS) is 22.5. The van der Waals surface area contributed by atoms with Crippen LogP contribution < -0.4 is 10.6 Å². The van der Waals surface area contributed by atoms with Crippen LogP contribution in [0.2, 0.25) is 0 Å². The molecule has 1 aliphatic heterocycles. The minimum absolute atomic E-state index is 0.121. The van der Waals surface area contributed by atoms with Gasteiger partial charge in [-0.25, -0.2) is 0 Å². The summed E-state index contributed by atoms with van der Waals surface area (Å²) >= 11 is 0. The lowest BCUT2D eigenvalue weighted by Gasteiger charge is -2.25. The molecule has 0 aromatic heterocycles. The van der Waals surface area contributed by atoms with Crippen molar-refractivity contribution < 1.29 is 9.53 Å². The van der Waals surface area contributed by atoms with Gasteiger partial charge in [0.25, 0.3) is 0 Å². The van der Waals surface area contributed by atoms with Crippen molar-refractivity contribution in [3.8, 4) is 0 Å². The van der Waals surface area contributed by atoms with Crippen LogP contribution in [-0.4, -0.2) is 38.3 Å². The lowest BCUT2D eigenvalue weighted by Crippen LogP contribution is -2.45. The molecule has 0 spiro atoms. The number of hydrogen-bond acceptors (Lipinski definition) is 3. The van der Waals surface area contributed by atoms with Gasteiger partial charge in [0.05, 0.1) is 12.6 Å². The van der Waals surface area contributed by atoms with Crippen LogP contribution in [0, 0.1) is 5.92 Å². The molecule has 1 heterocycles. The third-order valence-corrected chi connectivity index (χ3v) is 3.34. The van der Waals surface area contributed by atoms with Crippen LogP contribution in [0.3, 0.4) is 0 Å². The van der Waals surface area contributed by atoms with E-state index in [2.05, 4.69) is 24.5 Å². The van der Waals surface area contributed by atoms with Gasteiger partial charge in [-0.1, -0.05) is 20.3 Å². The average Bonchev–Trinajstić information content (AvgIpc) is 2.29. The summed E-state index contributed by atoms with van der Waals surface area (Å²) in [7, 11) is 1.67. The number of carbonyl (C=O) groups is 1. The number of hydrogen-bond donors (Lipinski definition) is 2. The molecule has 0 radical (unpaired) electrons. The van der Waals surface area contributed by atoms with Crippen molar-refractivity contribution >= 4 is 5.91 Å². The average molecular weight is 242 g/mol. The molecule has 1 amide bonds. The Kier molecular flexibility index (Phi) is 6.52. The van der Waals surface area contributed by atoms with Crippen molar-refractivity contribution in [3.05, 3.63) is 0 Å². The van der Waals surface area contributed by atoms with E-state index in [-0.39, 0.29) is 11.9 Å². The van der Waals surface area contributed by atoms with E-state index in [1.165, 1.54) is 12.8 Å². The topological polar surface area (TPSA) is 50.4 Å². The Labute approximate surface area is 104 Å². The number of rotatable bonds is 6. The molecule has 4 heteroatoms. The fourth-order valence-electron chi connectivity index (χ4n) is 2.17. The first-order valence-electron chi connectivity index (χ1n) is 6.65. The van der Waals surface area contributed by atoms with Crippen LogP contribution in [0.5, 0.6) is 0 Å². The second-order valence-electron chi connectivity index (χ2n) is 5.22. The van der Waals surface area contributed by atoms with E-state index >= 15 is 0 Å². The fourth-order valence-corrected chi connectivity index (χ4v) is 2.17. The SMILES string of the molecule is COCC(NC(=O)CC1CCCCN1)C(C)C. The molecule has 1 fully saturated rings. The lowest BCUT2D eigenvalue weighted by atomic mass is 10.0. The second-order valence-corrected chi connectivity index (χ2v) is 5.22. The number of carbonyl (C=O) groups excluding carboxylic acids is 1. The van der Waals surface area contributed by atoms with Gasteiger partial charge in [-0.15, -0.1) is 0 Å². The first-order valence-corrected chi connectivity index (χ1v) is 6.65. The van der Waals surface area contributed by atoms with E-state index < -0.39 is 0 Å². The maximum absolute atomic E-state index is 11.9. The first-order chi connectivity index (χ1) is 8.13. The van der Waals surface area contributed by atoms with Gasteiger partial charge in [0.15, 0.2) is 0 Å². The van der Waals surface area contributed by atoms with Crippen LogP contribution in [0.15, 0.2) is 0 Å². The fraction of sp³-hybridized carbons (Fsp3) is 0.923. The molecule has 4 nitrogen and oxygen atoms in total. The summed E-state index contributed by atoms with van der Waals surface area (Å²) in [4.78, 5) is 11.9. The predicted molar refractivity (Wildman–Crippen MR) is 68.9 cm³/mol. The zero-order chi connectivity index (χ0) is 12.7. The lowest BCUT2D eigenvalue weighted by molar-refractivity contribution is -0.123. The van der Waals surface area contributed by atoms with Crippen LogP contribution in [-0.2, 0) is 9.53 Å². The minimum Gasteiger partial charge on any atom is -0.383 e. The Balaban J connectivity index is 2.30. The standard InChI is InChI=1S/C13H26N2O2/c1-10(2)12(9-17-3)15-13(16)8-11-6-4-5-7-14-11/h10-12,14H,4-9H2,1-3H3,(H,15,16). The molecule has 17 heavy (non-hydrogen) atoms. The van der Waals surface area contributed by atoms with Crippen LogP contribution in [0.25, 0.3) is 0 Å². The first kappa shape index (κ1) is 14.5. The van der Waals surface area contributed by atoms with Gasteiger partial charge in [-0.3, -0.25) is 4.79 Å². The summed E-state index contributed by atoms with van der Waals surface area (Å²) in [6.45, 7) is 5.83. The highest BCUT2D eigenvalue weighted by atomic mass is 16.5. The third-order valence-electron chi connectivity index (χ3n) is 3.34. The number of nitrogens with one attached hydrogen (secondary N) is 2. The smallest absolute Gasteiger partial charge is 0.221 e. The number of piperidine rings is 1. The van der Waals surface area contributed by atoms with Crippen molar-refractivity contribution in [2.75, 3.05) is 20.3 Å². The van der Waals surface area contributed by atoms with E-state index in [1.807, 2.05) is 0 Å². The van der Waals surface area contributed by atoms with Crippen molar-refractivity contribution in [3.63, 3.8) is 0 Å². The number of ether oxygens (including phenoxy) is 1. The molecule has 1 saturated heterocycles. The summed E-state index contributed by atoms with van der Waals surface area (Å²) in [6, 6.07) is 0.482. The van der Waals surface area contributed by atoms with Crippen LogP contribution in [0.1, 0.15) is 39.5 Å². The maximum Gasteiger partial charge on any atom is 0.221 e. The highest BCUT2D eigenvalue weighted by Gasteiger charge is 2.20. The summed E-state index contributed by atoms with van der Waals surface area (Å²) in [6.07, 6.45) is 4.17. The van der Waals surface area contributed by atoms with Gasteiger partial charge in [-0.2, -0.15) is 0 Å². The summed E-state index contributed by atoms with van der Waals surface area (Å²) in [5.41, 5.74) is 0. The van der Waals surface area contributed by atoms with Crippen LogP contribution >= 0.6 is 0 Å². The Morgan fingerprint density at radius 2 is 2.24 bits per heavy atom. The largest absolute Gasteiger partial charge is 0.383 e. The highest BCUT2D eigenvalue weighted by molar-refractivity contribution is 5.76. The maximum atomic E-state index is 11.9. The van der Waals surface area contributed by atoms with Gasteiger partial charge in [0.2, 0.25) is 5.91 Å². The van der Waals surface area contributed by atoms with E-state index in [0.717, 1.165) is 13.0 Å². The van der Waals surface area contributed by atoms with Gasteiger partial charge in [-0.05, 0) is 25.3 Å². The van der Waals surface area contributed by atoms with E-state index in [4.69, 9.17) is 4.74 Å². The summed E-state index contributed by atoms with van der Waals surface area (Å²) in [5.74, 6) is 0.540. The van der Waals surface area contributed by atoms with Gasteiger partial charge in [0, 0.05) is 19.6 Å². The molecule has 1 aliphatic rings. The van der Waals surface area contributed by atoms with Crippen molar-refractivity contribution in [1.29, 1.82) is 0 Å². The predicted octanol–water partition coefficient (Wildman–Crippen LogP) is 1.31. The van der Waals surface area contributed by atoms with Gasteiger partial charge < -0.3 is 15.4 Å². The molecule has 0 saturated carbocycles. The molecular weight excluding hydrogens is 216 g/mol. The Hall–Kier alpha value is -0.610. The molecule has 2 N–H and O–H groups in total. The third kappa shape index (κ3) is 5.50. The molecule has 100 valence electrons. The van der Waals surface area contributed by atoms with E-state index in [9.17, 15) is 4.79 Å². The van der Waals surface area contributed by atoms with Crippen molar-refractivity contribution in [2.24, 2.45) is 5.92 Å². The van der Waals surface area contributed by atoms with Crippen molar-refractivity contribution in [1.82, 2.24) is 10.6 Å². The Morgan fingerprint density at radius 1 is 1.47 bits per heavy atom. The monoisotopic (exact) mass is 242 g/mol. The van der Waals surface area contributed by atoms with E-state index in [1.54, 1.807) is 7.11 Å². The zero-order valence-corrected chi connectivity index (χ0v) is 11.3. The molecule has 2 unspecified atom stereocenters. The second kappa shape index (κ2) is 7.67. The molecule has 0 aliphatic carbocycles. The zero-order valence-electron chi connectivity index (χ0n) is 11.3. The molecular formula is C13H26N2O2. The molecule has 2 atom stereocenters. The number of amides is 1. The molecule has 0 aromatic rings.